The number of hydrogen-bond acceptors (Lipinski definition) is 3. The van der Waals surface area contributed by atoms with Crippen molar-refractivity contribution >= 4 is 27.6 Å². The van der Waals surface area contributed by atoms with Crippen LogP contribution in [0.5, 0.6) is 0 Å². The second kappa shape index (κ2) is 4.43. The van der Waals surface area contributed by atoms with Crippen molar-refractivity contribution in [3.8, 4) is 0 Å². The first-order valence-electron chi connectivity index (χ1n) is 5.03. The molecule has 2 rings (SSSR count). The van der Waals surface area contributed by atoms with Gasteiger partial charge in [0.25, 0.3) is 0 Å². The smallest absolute Gasteiger partial charge is 0.337 e. The van der Waals surface area contributed by atoms with E-state index in [9.17, 15) is 4.79 Å². The number of aliphatic hydroxyl groups excluding tert-OH is 1. The fourth-order valence-electron chi connectivity index (χ4n) is 1.75. The van der Waals surface area contributed by atoms with Crippen molar-refractivity contribution in [2.24, 2.45) is 0 Å². The highest BCUT2D eigenvalue weighted by molar-refractivity contribution is 9.10. The van der Waals surface area contributed by atoms with Gasteiger partial charge in [0, 0.05) is 10.5 Å². The predicted octanol–water partition coefficient (Wildman–Crippen LogP) is 2.08. The van der Waals surface area contributed by atoms with Crippen LogP contribution in [0.25, 0.3) is 0 Å². The van der Waals surface area contributed by atoms with Crippen molar-refractivity contribution in [1.82, 2.24) is 0 Å². The highest BCUT2D eigenvalue weighted by atomic mass is 79.9. The summed E-state index contributed by atoms with van der Waals surface area (Å²) in [6, 6.07) is 5.17. The van der Waals surface area contributed by atoms with Crippen molar-refractivity contribution < 1.29 is 15.0 Å². The summed E-state index contributed by atoms with van der Waals surface area (Å²) in [5.41, 5.74) is 0.850. The molecule has 0 radical (unpaired) electrons. The number of benzene rings is 1. The number of aliphatic hydroxyl groups is 1. The van der Waals surface area contributed by atoms with E-state index >= 15 is 0 Å². The Morgan fingerprint density at radius 2 is 2.12 bits per heavy atom. The van der Waals surface area contributed by atoms with Gasteiger partial charge in [-0.1, -0.05) is 15.9 Å². The molecule has 0 spiro atoms. The number of carbonyl (C=O) groups is 1. The lowest BCUT2D eigenvalue weighted by Gasteiger charge is -2.33. The van der Waals surface area contributed by atoms with Gasteiger partial charge in [0.05, 0.1) is 17.4 Å². The summed E-state index contributed by atoms with van der Waals surface area (Å²) >= 11 is 3.30. The van der Waals surface area contributed by atoms with E-state index in [0.29, 0.717) is 18.5 Å². The van der Waals surface area contributed by atoms with Crippen LogP contribution in [0.2, 0.25) is 0 Å². The van der Waals surface area contributed by atoms with E-state index in [4.69, 9.17) is 10.2 Å². The molecular weight excluding hydrogens is 274 g/mol. The van der Waals surface area contributed by atoms with E-state index in [1.807, 2.05) is 0 Å². The van der Waals surface area contributed by atoms with Gasteiger partial charge in [-0.3, -0.25) is 0 Å². The van der Waals surface area contributed by atoms with Gasteiger partial charge in [0.1, 0.15) is 0 Å². The monoisotopic (exact) mass is 285 g/mol. The lowest BCUT2D eigenvalue weighted by atomic mass is 9.89. The Bertz CT molecular complexity index is 416. The third-order valence-electron chi connectivity index (χ3n) is 2.68. The maximum absolute atomic E-state index is 11.0. The molecule has 0 aromatic heterocycles. The lowest BCUT2D eigenvalue weighted by Crippen LogP contribution is -2.39. The highest BCUT2D eigenvalue weighted by Crippen LogP contribution is 2.28. The minimum absolute atomic E-state index is 0.169. The van der Waals surface area contributed by atoms with E-state index in [0.717, 1.165) is 4.47 Å². The quantitative estimate of drug-likeness (QED) is 0.795. The van der Waals surface area contributed by atoms with Crippen LogP contribution in [-0.2, 0) is 0 Å². The highest BCUT2D eigenvalue weighted by Gasteiger charge is 2.27. The fraction of sp³-hybridized carbons (Fsp3) is 0.364. The van der Waals surface area contributed by atoms with Crippen molar-refractivity contribution in [3.05, 3.63) is 28.2 Å². The second-order valence-corrected chi connectivity index (χ2v) is 4.88. The summed E-state index contributed by atoms with van der Waals surface area (Å²) in [6.45, 7) is 0. The zero-order valence-corrected chi connectivity index (χ0v) is 10.1. The molecule has 86 valence electrons. The number of carboxylic acid groups (broad SMARTS) is 1. The number of carboxylic acids is 1. The maximum Gasteiger partial charge on any atom is 0.337 e. The van der Waals surface area contributed by atoms with Crippen LogP contribution in [0.1, 0.15) is 23.2 Å². The molecule has 4 nitrogen and oxygen atoms in total. The first-order chi connectivity index (χ1) is 7.56. The molecule has 1 saturated carbocycles. The summed E-state index contributed by atoms with van der Waals surface area (Å²) in [6.07, 6.45) is 1.09. The van der Waals surface area contributed by atoms with E-state index in [2.05, 4.69) is 21.2 Å². The van der Waals surface area contributed by atoms with Gasteiger partial charge in [0.15, 0.2) is 0 Å². The molecule has 16 heavy (non-hydrogen) atoms. The molecular formula is C11H12BrNO3. The zero-order chi connectivity index (χ0) is 11.7. The minimum atomic E-state index is -0.949. The van der Waals surface area contributed by atoms with Gasteiger partial charge < -0.3 is 15.5 Å². The Balaban J connectivity index is 2.17. The van der Waals surface area contributed by atoms with Crippen LogP contribution in [0.4, 0.5) is 5.69 Å². The Kier molecular flexibility index (Phi) is 3.16. The molecule has 3 N–H and O–H groups in total. The van der Waals surface area contributed by atoms with Gasteiger partial charge in [0.2, 0.25) is 0 Å². The summed E-state index contributed by atoms with van der Waals surface area (Å²) in [5, 5.41) is 21.3. The Morgan fingerprint density at radius 1 is 1.44 bits per heavy atom. The number of hydrogen-bond donors (Lipinski definition) is 3. The van der Waals surface area contributed by atoms with Crippen molar-refractivity contribution in [3.63, 3.8) is 0 Å². The Hall–Kier alpha value is -1.07. The Morgan fingerprint density at radius 3 is 2.69 bits per heavy atom. The minimum Gasteiger partial charge on any atom is -0.478 e. The molecule has 0 saturated heterocycles. The van der Waals surface area contributed by atoms with E-state index < -0.39 is 5.97 Å². The van der Waals surface area contributed by atoms with Crippen LogP contribution >= 0.6 is 15.9 Å². The van der Waals surface area contributed by atoms with Crippen LogP contribution in [0, 0.1) is 0 Å². The molecule has 0 amide bonds. The first-order valence-corrected chi connectivity index (χ1v) is 5.83. The van der Waals surface area contributed by atoms with E-state index in [1.54, 1.807) is 18.2 Å². The van der Waals surface area contributed by atoms with Gasteiger partial charge in [-0.05, 0) is 31.0 Å². The summed E-state index contributed by atoms with van der Waals surface area (Å²) in [5.74, 6) is -0.949. The fourth-order valence-corrected chi connectivity index (χ4v) is 2.11. The molecule has 1 aromatic carbocycles. The number of rotatable bonds is 3. The number of anilines is 1. The van der Waals surface area contributed by atoms with Crippen molar-refractivity contribution in [2.45, 2.75) is 25.0 Å². The molecule has 1 aromatic rings. The summed E-state index contributed by atoms with van der Waals surface area (Å²) in [7, 11) is 0. The molecule has 0 atom stereocenters. The molecule has 1 aliphatic carbocycles. The van der Waals surface area contributed by atoms with Crippen LogP contribution in [0.15, 0.2) is 22.7 Å². The maximum atomic E-state index is 11.0. The SMILES string of the molecule is O=C(O)c1ccc(Br)cc1NC1CC(O)C1. The number of nitrogens with one attached hydrogen (secondary N) is 1. The van der Waals surface area contributed by atoms with Gasteiger partial charge in [-0.25, -0.2) is 4.79 Å². The number of aromatic carboxylic acids is 1. The molecule has 1 fully saturated rings. The molecule has 1 aliphatic rings. The third kappa shape index (κ3) is 2.36. The normalized spacial score (nSPS) is 23.6. The zero-order valence-electron chi connectivity index (χ0n) is 8.48. The largest absolute Gasteiger partial charge is 0.478 e. The van der Waals surface area contributed by atoms with Crippen LogP contribution in [-0.4, -0.2) is 28.3 Å². The summed E-state index contributed by atoms with van der Waals surface area (Å²) < 4.78 is 0.833. The lowest BCUT2D eigenvalue weighted by molar-refractivity contribution is 0.0697. The third-order valence-corrected chi connectivity index (χ3v) is 3.18. The second-order valence-electron chi connectivity index (χ2n) is 3.96. The molecule has 0 unspecified atom stereocenters. The first kappa shape index (κ1) is 11.4. The van der Waals surface area contributed by atoms with Gasteiger partial charge >= 0.3 is 5.97 Å². The van der Waals surface area contributed by atoms with Crippen molar-refractivity contribution in [2.75, 3.05) is 5.32 Å². The van der Waals surface area contributed by atoms with E-state index in [-0.39, 0.29) is 17.7 Å². The van der Waals surface area contributed by atoms with E-state index in [1.165, 1.54) is 0 Å². The van der Waals surface area contributed by atoms with Gasteiger partial charge in [-0.2, -0.15) is 0 Å². The topological polar surface area (TPSA) is 69.6 Å². The Labute approximate surface area is 101 Å². The standard InChI is InChI=1S/C11H12BrNO3/c12-6-1-2-9(11(15)16)10(3-6)13-7-4-8(14)5-7/h1-3,7-8,13-14H,4-5H2,(H,15,16). The molecule has 0 bridgehead atoms. The van der Waals surface area contributed by atoms with Crippen LogP contribution in [0.3, 0.4) is 0 Å². The van der Waals surface area contributed by atoms with Crippen LogP contribution < -0.4 is 5.32 Å². The predicted molar refractivity (Wildman–Crippen MR) is 63.8 cm³/mol. The molecule has 0 heterocycles. The molecule has 5 heteroatoms. The average molecular weight is 286 g/mol. The average Bonchev–Trinajstić information content (AvgIpc) is 2.15. The van der Waals surface area contributed by atoms with Crippen molar-refractivity contribution in [1.29, 1.82) is 0 Å². The summed E-state index contributed by atoms with van der Waals surface area (Å²) in [4.78, 5) is 11.0. The number of halogens is 1. The van der Waals surface area contributed by atoms with Gasteiger partial charge in [-0.15, -0.1) is 0 Å². The molecule has 0 aliphatic heterocycles.